The van der Waals surface area contributed by atoms with Crippen molar-refractivity contribution in [2.75, 3.05) is 6.66 Å². The number of hydrogen-bond donors (Lipinski definition) is 0. The van der Waals surface area contributed by atoms with Crippen LogP contribution in [0.4, 0.5) is 0 Å². The Morgan fingerprint density at radius 2 is 1.10 bits per heavy atom. The monoisotopic (exact) mass is 280 g/mol. The molecule has 100 valence electrons. The van der Waals surface area contributed by atoms with Crippen molar-refractivity contribution in [3.05, 3.63) is 79.1 Å². The molecule has 0 radical (unpaired) electrons. The van der Waals surface area contributed by atoms with E-state index < -0.39 is 7.26 Å². The zero-order chi connectivity index (χ0) is 13.8. The van der Waals surface area contributed by atoms with Crippen molar-refractivity contribution in [3.8, 4) is 0 Å². The van der Waals surface area contributed by atoms with Gasteiger partial charge in [0.15, 0.2) is 0 Å². The summed E-state index contributed by atoms with van der Waals surface area (Å²) in [6.07, 6.45) is 3.67. The maximum atomic E-state index is 4.55. The summed E-state index contributed by atoms with van der Waals surface area (Å²) in [5, 5.41) is 2.66. The van der Waals surface area contributed by atoms with Crippen molar-refractivity contribution >= 4 is 23.4 Å². The summed E-state index contributed by atoms with van der Waals surface area (Å²) in [6.45, 7) is 2.31. The first-order valence-corrected chi connectivity index (χ1v) is 9.20. The third kappa shape index (κ3) is 2.23. The molecule has 0 atom stereocenters. The molecular weight excluding hydrogens is 263 g/mol. The third-order valence-corrected chi connectivity index (χ3v) is 7.84. The Balaban J connectivity index is 2.24. The molecule has 0 N–H and O–H groups in total. The molecule has 2 aromatic carbocycles. The molecule has 0 saturated heterocycles. The van der Waals surface area contributed by atoms with E-state index in [4.69, 9.17) is 0 Å². The number of benzene rings is 2. The molecule has 1 aromatic heterocycles. The van der Waals surface area contributed by atoms with Crippen LogP contribution in [0.1, 0.15) is 0 Å². The van der Waals surface area contributed by atoms with Gasteiger partial charge >= 0.3 is 119 Å². The Kier molecular flexibility index (Phi) is 3.58. The fourth-order valence-corrected chi connectivity index (χ4v) is 5.76. The van der Waals surface area contributed by atoms with Crippen molar-refractivity contribution in [1.82, 2.24) is 9.97 Å². The van der Waals surface area contributed by atoms with E-state index in [1.807, 2.05) is 18.5 Å². The molecule has 1 heterocycles. The second kappa shape index (κ2) is 5.52. The van der Waals surface area contributed by atoms with Crippen molar-refractivity contribution < 1.29 is 0 Å². The second-order valence-electron chi connectivity index (χ2n) is 4.93. The summed E-state index contributed by atoms with van der Waals surface area (Å²) < 4.78 is 0. The average molecular weight is 280 g/mol. The molecular formula is C17H17N2P. The molecule has 3 rings (SSSR count). The number of nitrogens with zero attached hydrogens (tertiary/aromatic N) is 2. The van der Waals surface area contributed by atoms with Crippen LogP contribution in [0.15, 0.2) is 79.1 Å². The van der Waals surface area contributed by atoms with Crippen molar-refractivity contribution in [2.45, 2.75) is 0 Å². The van der Waals surface area contributed by atoms with Gasteiger partial charge in [0.1, 0.15) is 0 Å². The minimum absolute atomic E-state index is 0.956. The molecule has 3 aromatic rings. The van der Waals surface area contributed by atoms with Crippen LogP contribution in [-0.4, -0.2) is 16.6 Å². The van der Waals surface area contributed by atoms with Gasteiger partial charge in [-0.3, -0.25) is 0 Å². The number of aromatic nitrogens is 2. The van der Waals surface area contributed by atoms with Gasteiger partial charge in [-0.15, -0.1) is 0 Å². The van der Waals surface area contributed by atoms with Crippen LogP contribution in [0.25, 0.3) is 0 Å². The normalized spacial score (nSPS) is 12.1. The molecule has 0 aliphatic heterocycles. The van der Waals surface area contributed by atoms with E-state index in [1.165, 1.54) is 10.6 Å². The molecule has 0 aliphatic carbocycles. The fourth-order valence-electron chi connectivity index (χ4n) is 2.53. The summed E-state index contributed by atoms with van der Waals surface area (Å²) in [6, 6.07) is 23.1. The standard InChI is InChI=1S/C17H17N2P/c1-20(15-9-4-2-5-10-15,16-11-6-3-7-12-16)17-18-13-8-14-19-17/h2-14,20H,1H3. The number of rotatable bonds is 3. The van der Waals surface area contributed by atoms with E-state index in [0.717, 1.165) is 5.57 Å². The van der Waals surface area contributed by atoms with Gasteiger partial charge in [0.25, 0.3) is 0 Å². The van der Waals surface area contributed by atoms with E-state index in [9.17, 15) is 0 Å². The van der Waals surface area contributed by atoms with Crippen LogP contribution in [0.5, 0.6) is 0 Å². The second-order valence-corrected chi connectivity index (χ2v) is 8.78. The van der Waals surface area contributed by atoms with Gasteiger partial charge < -0.3 is 0 Å². The third-order valence-electron chi connectivity index (χ3n) is 3.72. The van der Waals surface area contributed by atoms with Crippen LogP contribution in [0, 0.1) is 0 Å². The van der Waals surface area contributed by atoms with Crippen LogP contribution >= 0.6 is 7.26 Å². The van der Waals surface area contributed by atoms with Gasteiger partial charge in [-0.1, -0.05) is 0 Å². The molecule has 20 heavy (non-hydrogen) atoms. The zero-order valence-electron chi connectivity index (χ0n) is 11.4. The summed E-state index contributed by atoms with van der Waals surface area (Å²) in [5.41, 5.74) is 0.956. The van der Waals surface area contributed by atoms with Crippen LogP contribution in [-0.2, 0) is 0 Å². The molecule has 0 fully saturated rings. The average Bonchev–Trinajstić information content (AvgIpc) is 2.56. The van der Waals surface area contributed by atoms with Gasteiger partial charge in [-0.25, -0.2) is 0 Å². The first-order chi connectivity index (χ1) is 9.82. The Morgan fingerprint density at radius 3 is 1.55 bits per heavy atom. The number of hydrogen-bond acceptors (Lipinski definition) is 2. The minimum atomic E-state index is -2.10. The first kappa shape index (κ1) is 13.0. The summed E-state index contributed by atoms with van der Waals surface area (Å²) in [7, 11) is -2.10. The van der Waals surface area contributed by atoms with Crippen molar-refractivity contribution in [1.29, 1.82) is 0 Å². The van der Waals surface area contributed by atoms with E-state index in [0.29, 0.717) is 0 Å². The fraction of sp³-hybridized carbons (Fsp3) is 0.0588. The molecule has 0 saturated carbocycles. The summed E-state index contributed by atoms with van der Waals surface area (Å²) in [5.74, 6) is 0. The van der Waals surface area contributed by atoms with Crippen LogP contribution in [0.3, 0.4) is 0 Å². The van der Waals surface area contributed by atoms with Crippen LogP contribution in [0.2, 0.25) is 0 Å². The van der Waals surface area contributed by atoms with Gasteiger partial charge in [0.2, 0.25) is 0 Å². The van der Waals surface area contributed by atoms with Gasteiger partial charge in [-0.2, -0.15) is 0 Å². The van der Waals surface area contributed by atoms with Gasteiger partial charge in [-0.05, 0) is 0 Å². The summed E-state index contributed by atoms with van der Waals surface area (Å²) in [4.78, 5) is 9.11. The topological polar surface area (TPSA) is 25.8 Å². The van der Waals surface area contributed by atoms with Gasteiger partial charge in [0.05, 0.1) is 0 Å². The Bertz CT molecular complexity index is 572. The predicted molar refractivity (Wildman–Crippen MR) is 88.1 cm³/mol. The molecule has 0 amide bonds. The predicted octanol–water partition coefficient (Wildman–Crippen LogP) is 2.13. The molecule has 0 unspecified atom stereocenters. The molecule has 0 aliphatic rings. The molecule has 3 heteroatoms. The Labute approximate surface area is 119 Å². The van der Waals surface area contributed by atoms with E-state index in [1.54, 1.807) is 0 Å². The SMILES string of the molecule is C[PH](c1ccccc1)(c1ccccc1)c1ncccn1. The van der Waals surface area contributed by atoms with E-state index in [2.05, 4.69) is 77.3 Å². The Hall–Kier alpha value is -2.05. The zero-order valence-corrected chi connectivity index (χ0v) is 12.4. The van der Waals surface area contributed by atoms with Crippen LogP contribution < -0.4 is 16.2 Å². The van der Waals surface area contributed by atoms with E-state index in [-0.39, 0.29) is 0 Å². The van der Waals surface area contributed by atoms with Gasteiger partial charge in [0, 0.05) is 0 Å². The first-order valence-electron chi connectivity index (χ1n) is 6.70. The quantitative estimate of drug-likeness (QED) is 0.687. The molecule has 2 nitrogen and oxygen atoms in total. The van der Waals surface area contributed by atoms with Crippen molar-refractivity contribution in [3.63, 3.8) is 0 Å². The molecule has 0 spiro atoms. The molecule has 0 bridgehead atoms. The van der Waals surface area contributed by atoms with Crippen molar-refractivity contribution in [2.24, 2.45) is 0 Å². The summed E-state index contributed by atoms with van der Waals surface area (Å²) >= 11 is 0. The van der Waals surface area contributed by atoms with E-state index >= 15 is 0 Å². The Morgan fingerprint density at radius 1 is 0.650 bits per heavy atom. The maximum absolute atomic E-state index is 4.55.